The molecule has 2 aromatic rings. The quantitative estimate of drug-likeness (QED) is 0.853. The fourth-order valence-electron chi connectivity index (χ4n) is 1.34. The Labute approximate surface area is 130 Å². The van der Waals surface area contributed by atoms with Gasteiger partial charge >= 0.3 is 0 Å². The van der Waals surface area contributed by atoms with E-state index < -0.39 is 0 Å². The molecule has 0 aromatic carbocycles. The van der Waals surface area contributed by atoms with Crippen molar-refractivity contribution >= 4 is 28.4 Å². The van der Waals surface area contributed by atoms with Gasteiger partial charge in [-0.2, -0.15) is 5.10 Å². The lowest BCUT2D eigenvalue weighted by molar-refractivity contribution is -0.106. The van der Waals surface area contributed by atoms with Crippen LogP contribution < -0.4 is 11.1 Å². The van der Waals surface area contributed by atoms with E-state index in [4.69, 9.17) is 4.79 Å². The van der Waals surface area contributed by atoms with Gasteiger partial charge in [-0.3, -0.25) is 9.48 Å². The van der Waals surface area contributed by atoms with Crippen molar-refractivity contribution in [3.05, 3.63) is 23.1 Å². The second-order valence-electron chi connectivity index (χ2n) is 4.25. The highest BCUT2D eigenvalue weighted by Crippen LogP contribution is 2.27. The van der Waals surface area contributed by atoms with E-state index in [0.717, 1.165) is 22.8 Å². The number of carbonyl (C=O) groups excluding carboxylic acids is 1. The lowest BCUT2D eigenvalue weighted by atomic mass is 10.4. The number of nitrogens with two attached hydrogens (primary N) is 1. The van der Waals surface area contributed by atoms with Crippen molar-refractivity contribution in [3.8, 4) is 0 Å². The van der Waals surface area contributed by atoms with Gasteiger partial charge in [0.05, 0.1) is 22.6 Å². The Morgan fingerprint density at radius 1 is 1.43 bits per heavy atom. The summed E-state index contributed by atoms with van der Waals surface area (Å²) in [6, 6.07) is 0. The van der Waals surface area contributed by atoms with Gasteiger partial charge in [0.15, 0.2) is 0 Å². The van der Waals surface area contributed by atoms with Gasteiger partial charge in [-0.1, -0.05) is 27.2 Å². The van der Waals surface area contributed by atoms with Crippen LogP contribution >= 0.6 is 11.3 Å². The zero-order chi connectivity index (χ0) is 16.3. The first kappa shape index (κ1) is 19.1. The molecule has 1 amide bonds. The van der Waals surface area contributed by atoms with Crippen molar-refractivity contribution in [2.24, 2.45) is 12.8 Å². The molecule has 7 heteroatoms. The fraction of sp³-hybridized carbons (Fsp3) is 0.500. The van der Waals surface area contributed by atoms with Crippen molar-refractivity contribution in [1.29, 1.82) is 0 Å². The summed E-state index contributed by atoms with van der Waals surface area (Å²) < 4.78 is 1.78. The van der Waals surface area contributed by atoms with Gasteiger partial charge in [0.25, 0.3) is 0 Å². The molecule has 118 valence electrons. The molecule has 2 aromatic heterocycles. The summed E-state index contributed by atoms with van der Waals surface area (Å²) in [5.74, 6) is 0. The minimum atomic E-state index is 0.250. The van der Waals surface area contributed by atoms with E-state index in [9.17, 15) is 0 Å². The van der Waals surface area contributed by atoms with Crippen LogP contribution in [0.1, 0.15) is 37.9 Å². The SMILES string of the molecule is CCC.CCc1nc(C)c(Nc2cnn(C)c2)s1.NC=O. The van der Waals surface area contributed by atoms with E-state index in [1.165, 1.54) is 11.4 Å². The number of primary amides is 1. The van der Waals surface area contributed by atoms with Gasteiger partial charge < -0.3 is 11.1 Å². The molecule has 0 saturated carbocycles. The van der Waals surface area contributed by atoms with Crippen LogP contribution in [0.2, 0.25) is 0 Å². The summed E-state index contributed by atoms with van der Waals surface area (Å²) in [4.78, 5) is 13.0. The number of nitrogens with one attached hydrogen (secondary N) is 1. The predicted molar refractivity (Wildman–Crippen MR) is 88.9 cm³/mol. The Morgan fingerprint density at radius 2 is 2.00 bits per heavy atom. The summed E-state index contributed by atoms with van der Waals surface area (Å²) in [7, 11) is 1.90. The zero-order valence-electron chi connectivity index (χ0n) is 13.4. The van der Waals surface area contributed by atoms with Crippen molar-refractivity contribution in [3.63, 3.8) is 0 Å². The molecule has 6 nitrogen and oxygen atoms in total. The molecule has 0 unspecified atom stereocenters. The third-order valence-corrected chi connectivity index (χ3v) is 3.32. The maximum atomic E-state index is 8.58. The summed E-state index contributed by atoms with van der Waals surface area (Å²) in [5.41, 5.74) is 6.23. The molecule has 0 saturated heterocycles. The van der Waals surface area contributed by atoms with Crippen LogP contribution in [0.15, 0.2) is 12.4 Å². The normalized spacial score (nSPS) is 9.00. The number of rotatable bonds is 3. The topological polar surface area (TPSA) is 85.8 Å². The molecular weight excluding hydrogens is 286 g/mol. The van der Waals surface area contributed by atoms with E-state index in [1.54, 1.807) is 16.0 Å². The number of thiazole rings is 1. The number of carbonyl (C=O) groups is 1. The summed E-state index contributed by atoms with van der Waals surface area (Å²) >= 11 is 1.70. The first-order valence-corrected chi connectivity index (χ1v) is 7.71. The molecule has 0 aliphatic heterocycles. The molecule has 0 aliphatic rings. The van der Waals surface area contributed by atoms with Crippen LogP contribution in [-0.2, 0) is 18.3 Å². The maximum absolute atomic E-state index is 8.58. The highest BCUT2D eigenvalue weighted by Gasteiger charge is 2.06. The number of nitrogens with zero attached hydrogens (tertiary/aromatic N) is 3. The lowest BCUT2D eigenvalue weighted by Gasteiger charge is -1.98. The fourth-order valence-corrected chi connectivity index (χ4v) is 2.26. The van der Waals surface area contributed by atoms with Gasteiger partial charge in [-0.05, 0) is 13.3 Å². The average Bonchev–Trinajstić information content (AvgIpc) is 2.99. The highest BCUT2D eigenvalue weighted by molar-refractivity contribution is 7.15. The third-order valence-electron chi connectivity index (χ3n) is 2.11. The Morgan fingerprint density at radius 3 is 2.38 bits per heavy atom. The van der Waals surface area contributed by atoms with Gasteiger partial charge in [0, 0.05) is 13.2 Å². The van der Waals surface area contributed by atoms with Gasteiger partial charge in [-0.15, -0.1) is 11.3 Å². The van der Waals surface area contributed by atoms with Crippen LogP contribution in [0.4, 0.5) is 10.7 Å². The molecule has 21 heavy (non-hydrogen) atoms. The lowest BCUT2D eigenvalue weighted by Crippen LogP contribution is -1.88. The maximum Gasteiger partial charge on any atom is 0.204 e. The van der Waals surface area contributed by atoms with E-state index in [1.807, 2.05) is 26.4 Å². The van der Waals surface area contributed by atoms with Crippen LogP contribution in [0, 0.1) is 6.92 Å². The van der Waals surface area contributed by atoms with Crippen LogP contribution in [0.5, 0.6) is 0 Å². The molecule has 0 fully saturated rings. The van der Waals surface area contributed by atoms with Crippen LogP contribution in [0.3, 0.4) is 0 Å². The molecule has 2 rings (SSSR count). The predicted octanol–water partition coefficient (Wildman–Crippen LogP) is 3.01. The number of anilines is 2. The van der Waals surface area contributed by atoms with Crippen LogP contribution in [0.25, 0.3) is 0 Å². The summed E-state index contributed by atoms with van der Waals surface area (Å²) in [6.45, 7) is 8.39. The van der Waals surface area contributed by atoms with Crippen molar-refractivity contribution in [2.75, 3.05) is 5.32 Å². The first-order valence-electron chi connectivity index (χ1n) is 6.89. The molecule has 2 heterocycles. The number of aryl methyl sites for hydroxylation is 3. The van der Waals surface area contributed by atoms with Crippen molar-refractivity contribution in [1.82, 2.24) is 14.8 Å². The Balaban J connectivity index is 0.000000578. The average molecular weight is 311 g/mol. The smallest absolute Gasteiger partial charge is 0.204 e. The second kappa shape index (κ2) is 10.8. The number of hydrogen-bond donors (Lipinski definition) is 2. The standard InChI is InChI=1S/C10H14N4S.C3H8.CH3NO/c1-4-9-12-7(2)10(15-9)13-8-5-11-14(3)6-8;1-3-2;2-1-3/h5-6,13H,4H2,1-3H3;3H2,1-2H3;1H,(H2,2,3). The molecule has 0 aliphatic carbocycles. The third kappa shape index (κ3) is 7.45. The van der Waals surface area contributed by atoms with E-state index in [-0.39, 0.29) is 6.41 Å². The van der Waals surface area contributed by atoms with E-state index in [0.29, 0.717) is 0 Å². The Bertz CT molecular complexity index is 521. The van der Waals surface area contributed by atoms with E-state index in [2.05, 4.69) is 41.9 Å². The minimum absolute atomic E-state index is 0.250. The molecule has 0 spiro atoms. The summed E-state index contributed by atoms with van der Waals surface area (Å²) in [6.07, 6.45) is 6.25. The molecule has 0 bridgehead atoms. The van der Waals surface area contributed by atoms with Gasteiger partial charge in [0.2, 0.25) is 6.41 Å². The minimum Gasteiger partial charge on any atom is -0.372 e. The molecule has 3 N–H and O–H groups in total. The monoisotopic (exact) mass is 311 g/mol. The largest absolute Gasteiger partial charge is 0.372 e. The summed E-state index contributed by atoms with van der Waals surface area (Å²) in [5, 5.41) is 9.70. The Hall–Kier alpha value is -1.89. The number of aromatic nitrogens is 3. The van der Waals surface area contributed by atoms with E-state index >= 15 is 0 Å². The number of hydrogen-bond acceptors (Lipinski definition) is 5. The highest BCUT2D eigenvalue weighted by atomic mass is 32.1. The Kier molecular flexibility index (Phi) is 9.87. The van der Waals surface area contributed by atoms with Crippen LogP contribution in [-0.4, -0.2) is 21.2 Å². The van der Waals surface area contributed by atoms with Gasteiger partial charge in [0.1, 0.15) is 5.00 Å². The molecule has 0 radical (unpaired) electrons. The molecule has 0 atom stereocenters. The van der Waals surface area contributed by atoms with Crippen molar-refractivity contribution < 1.29 is 4.79 Å². The second-order valence-corrected chi connectivity index (χ2v) is 5.33. The van der Waals surface area contributed by atoms with Gasteiger partial charge in [-0.25, -0.2) is 4.98 Å². The first-order chi connectivity index (χ1) is 10.0. The number of amides is 1. The molecular formula is C14H25N5OS. The van der Waals surface area contributed by atoms with Crippen molar-refractivity contribution in [2.45, 2.75) is 40.5 Å². The zero-order valence-corrected chi connectivity index (χ0v) is 14.2.